The molecule has 5 rings (SSSR count). The Bertz CT molecular complexity index is 1100. The number of hydrogen-bond donors (Lipinski definition) is 1. The van der Waals surface area contributed by atoms with E-state index in [4.69, 9.17) is 0 Å². The topological polar surface area (TPSA) is 32.3 Å². The minimum Gasteiger partial charge on any atom is -0.346 e. The molecule has 3 nitrogen and oxygen atoms in total. The van der Waals surface area contributed by atoms with Crippen molar-refractivity contribution < 1.29 is 4.79 Å². The summed E-state index contributed by atoms with van der Waals surface area (Å²) in [5, 5.41) is 3.18. The molecule has 1 fully saturated rings. The van der Waals surface area contributed by atoms with Crippen LogP contribution >= 0.6 is 0 Å². The lowest BCUT2D eigenvalue weighted by molar-refractivity contribution is 0.0940. The van der Waals surface area contributed by atoms with Crippen LogP contribution in [-0.2, 0) is 25.8 Å². The predicted octanol–water partition coefficient (Wildman–Crippen LogP) is 6.12. The maximum atomic E-state index is 12.8. The number of amides is 1. The molecule has 1 saturated heterocycles. The number of aryl methyl sites for hydroxylation is 2. The van der Waals surface area contributed by atoms with Crippen LogP contribution in [0.3, 0.4) is 0 Å². The monoisotopic (exact) mass is 452 g/mol. The molecule has 1 atom stereocenters. The van der Waals surface area contributed by atoms with Crippen LogP contribution in [0.5, 0.6) is 0 Å². The molecular formula is C31H36N2O. The van der Waals surface area contributed by atoms with Crippen molar-refractivity contribution in [2.75, 3.05) is 13.1 Å². The van der Waals surface area contributed by atoms with E-state index in [1.54, 1.807) is 0 Å². The van der Waals surface area contributed by atoms with Gasteiger partial charge in [0.05, 0.1) is 6.04 Å². The van der Waals surface area contributed by atoms with E-state index < -0.39 is 0 Å². The van der Waals surface area contributed by atoms with Gasteiger partial charge >= 0.3 is 0 Å². The summed E-state index contributed by atoms with van der Waals surface area (Å²) in [6.45, 7) is 5.34. The van der Waals surface area contributed by atoms with Crippen molar-refractivity contribution in [1.29, 1.82) is 0 Å². The van der Waals surface area contributed by atoms with Crippen LogP contribution in [0, 0.1) is 5.92 Å². The number of carbonyl (C=O) groups excluding carboxylic acids is 1. The molecule has 1 aliphatic heterocycles. The molecule has 3 aromatic rings. The fourth-order valence-corrected chi connectivity index (χ4v) is 5.54. The summed E-state index contributed by atoms with van der Waals surface area (Å²) in [6.07, 6.45) is 7.32. The molecule has 176 valence electrons. The third-order valence-corrected chi connectivity index (χ3v) is 7.67. The molecule has 34 heavy (non-hydrogen) atoms. The normalized spacial score (nSPS) is 17.3. The van der Waals surface area contributed by atoms with Crippen LogP contribution < -0.4 is 5.32 Å². The highest BCUT2D eigenvalue weighted by atomic mass is 16.1. The molecule has 1 N–H and O–H groups in total. The molecule has 1 unspecified atom stereocenters. The van der Waals surface area contributed by atoms with E-state index in [0.29, 0.717) is 0 Å². The summed E-state index contributed by atoms with van der Waals surface area (Å²) in [5.41, 5.74) is 7.59. The van der Waals surface area contributed by atoms with Crippen molar-refractivity contribution in [1.82, 2.24) is 10.2 Å². The van der Waals surface area contributed by atoms with E-state index in [9.17, 15) is 4.79 Å². The fraction of sp³-hybridized carbons (Fsp3) is 0.387. The number of fused-ring (bicyclic) bond motifs is 1. The highest BCUT2D eigenvalue weighted by Crippen LogP contribution is 2.26. The fourth-order valence-electron chi connectivity index (χ4n) is 5.54. The van der Waals surface area contributed by atoms with Gasteiger partial charge in [-0.05, 0) is 104 Å². The Morgan fingerprint density at radius 2 is 1.65 bits per heavy atom. The first kappa shape index (κ1) is 22.9. The SMILES string of the molecule is CC(NC(=O)c1ccc(CN2CCC(Cc3ccccc3)CC2)cc1)c1ccc2c(c1)CCC2. The second-order valence-corrected chi connectivity index (χ2v) is 10.2. The Kier molecular flexibility index (Phi) is 7.10. The third-order valence-electron chi connectivity index (χ3n) is 7.67. The van der Waals surface area contributed by atoms with Gasteiger partial charge < -0.3 is 5.32 Å². The molecule has 2 aliphatic rings. The van der Waals surface area contributed by atoms with Gasteiger partial charge in [-0.3, -0.25) is 9.69 Å². The third kappa shape index (κ3) is 5.59. The van der Waals surface area contributed by atoms with E-state index in [-0.39, 0.29) is 11.9 Å². The lowest BCUT2D eigenvalue weighted by atomic mass is 9.90. The van der Waals surface area contributed by atoms with Gasteiger partial charge in [0.2, 0.25) is 0 Å². The van der Waals surface area contributed by atoms with Gasteiger partial charge in [0.1, 0.15) is 0 Å². The lowest BCUT2D eigenvalue weighted by Crippen LogP contribution is -2.33. The van der Waals surface area contributed by atoms with Gasteiger partial charge in [-0.2, -0.15) is 0 Å². The molecule has 0 bridgehead atoms. The summed E-state index contributed by atoms with van der Waals surface area (Å²) in [4.78, 5) is 15.4. The van der Waals surface area contributed by atoms with Gasteiger partial charge in [-0.25, -0.2) is 0 Å². The van der Waals surface area contributed by atoms with E-state index in [0.717, 1.165) is 37.5 Å². The molecule has 3 aromatic carbocycles. The van der Waals surface area contributed by atoms with Crippen LogP contribution in [0.25, 0.3) is 0 Å². The second kappa shape index (κ2) is 10.6. The molecule has 0 saturated carbocycles. The van der Waals surface area contributed by atoms with Gasteiger partial charge in [-0.15, -0.1) is 0 Å². The van der Waals surface area contributed by atoms with Crippen molar-refractivity contribution >= 4 is 5.91 Å². The summed E-state index contributed by atoms with van der Waals surface area (Å²) in [5.74, 6) is 0.790. The van der Waals surface area contributed by atoms with Crippen LogP contribution in [-0.4, -0.2) is 23.9 Å². The summed E-state index contributed by atoms with van der Waals surface area (Å²) >= 11 is 0. The highest BCUT2D eigenvalue weighted by molar-refractivity contribution is 5.94. The number of nitrogens with one attached hydrogen (secondary N) is 1. The van der Waals surface area contributed by atoms with Crippen LogP contribution in [0.4, 0.5) is 0 Å². The first-order chi connectivity index (χ1) is 16.6. The van der Waals surface area contributed by atoms with Gasteiger partial charge in [0, 0.05) is 12.1 Å². The maximum absolute atomic E-state index is 12.8. The Labute approximate surface area is 204 Å². The number of hydrogen-bond acceptors (Lipinski definition) is 2. The summed E-state index contributed by atoms with van der Waals surface area (Å²) in [7, 11) is 0. The first-order valence-corrected chi connectivity index (χ1v) is 12.9. The van der Waals surface area contributed by atoms with Gasteiger partial charge in [-0.1, -0.05) is 60.7 Å². The van der Waals surface area contributed by atoms with Crippen LogP contribution in [0.15, 0.2) is 72.8 Å². The van der Waals surface area contributed by atoms with E-state index in [1.165, 1.54) is 59.9 Å². The van der Waals surface area contributed by atoms with E-state index in [1.807, 2.05) is 12.1 Å². The summed E-state index contributed by atoms with van der Waals surface area (Å²) < 4.78 is 0. The minimum absolute atomic E-state index is 0.00118. The predicted molar refractivity (Wildman–Crippen MR) is 139 cm³/mol. The average Bonchev–Trinajstić information content (AvgIpc) is 3.34. The minimum atomic E-state index is 0.00118. The quantitative estimate of drug-likeness (QED) is 0.468. The van der Waals surface area contributed by atoms with Crippen molar-refractivity contribution in [3.8, 4) is 0 Å². The number of likely N-dealkylation sites (tertiary alicyclic amines) is 1. The maximum Gasteiger partial charge on any atom is 0.251 e. The van der Waals surface area contributed by atoms with Crippen molar-refractivity contribution in [2.24, 2.45) is 5.92 Å². The van der Waals surface area contributed by atoms with Crippen molar-refractivity contribution in [3.05, 3.63) is 106 Å². The second-order valence-electron chi connectivity index (χ2n) is 10.2. The number of rotatable bonds is 7. The van der Waals surface area contributed by atoms with Crippen molar-refractivity contribution in [3.63, 3.8) is 0 Å². The number of benzene rings is 3. The number of nitrogens with zero attached hydrogens (tertiary/aromatic N) is 1. The zero-order valence-corrected chi connectivity index (χ0v) is 20.3. The number of piperidine rings is 1. The molecule has 1 amide bonds. The zero-order chi connectivity index (χ0) is 23.3. The van der Waals surface area contributed by atoms with E-state index >= 15 is 0 Å². The zero-order valence-electron chi connectivity index (χ0n) is 20.3. The smallest absolute Gasteiger partial charge is 0.251 e. The van der Waals surface area contributed by atoms with Crippen LogP contribution in [0.2, 0.25) is 0 Å². The average molecular weight is 453 g/mol. The van der Waals surface area contributed by atoms with Crippen molar-refractivity contribution in [2.45, 2.75) is 58.0 Å². The Morgan fingerprint density at radius 1 is 0.912 bits per heavy atom. The molecule has 0 radical (unpaired) electrons. The van der Waals surface area contributed by atoms with Gasteiger partial charge in [0.25, 0.3) is 5.91 Å². The molecular weight excluding hydrogens is 416 g/mol. The Morgan fingerprint density at radius 3 is 2.41 bits per heavy atom. The lowest BCUT2D eigenvalue weighted by Gasteiger charge is -2.32. The molecule has 0 spiro atoms. The summed E-state index contributed by atoms with van der Waals surface area (Å²) in [6, 6.07) is 25.7. The Balaban J connectivity index is 1.10. The first-order valence-electron chi connectivity index (χ1n) is 12.9. The molecule has 0 aromatic heterocycles. The molecule has 1 aliphatic carbocycles. The van der Waals surface area contributed by atoms with E-state index in [2.05, 4.69) is 77.8 Å². The Hall–Kier alpha value is -2.91. The largest absolute Gasteiger partial charge is 0.346 e. The van der Waals surface area contributed by atoms with Crippen LogP contribution in [0.1, 0.15) is 70.4 Å². The molecule has 3 heteroatoms. The number of carbonyl (C=O) groups is 1. The standard InChI is InChI=1S/C31H36N2O/c1-23(29-15-14-27-8-5-9-30(27)21-29)32-31(34)28-12-10-26(11-13-28)22-33-18-16-25(17-19-33)20-24-6-3-2-4-7-24/h2-4,6-7,10-15,21,23,25H,5,8-9,16-20,22H2,1H3,(H,32,34). The highest BCUT2D eigenvalue weighted by Gasteiger charge is 2.20. The van der Waals surface area contributed by atoms with Gasteiger partial charge in [0.15, 0.2) is 0 Å². The molecule has 1 heterocycles.